The fraction of sp³-hybridized carbons (Fsp3) is 0.385. The van der Waals surface area contributed by atoms with Gasteiger partial charge in [0.05, 0.1) is 18.6 Å². The molecule has 0 aromatic heterocycles. The highest BCUT2D eigenvalue weighted by Gasteiger charge is 2.22. The molecule has 0 atom stereocenters. The van der Waals surface area contributed by atoms with Gasteiger partial charge in [0.15, 0.2) is 0 Å². The van der Waals surface area contributed by atoms with E-state index >= 15 is 0 Å². The van der Waals surface area contributed by atoms with Crippen LogP contribution < -0.4 is 16.4 Å². The van der Waals surface area contributed by atoms with Crippen LogP contribution in [-0.4, -0.2) is 24.9 Å². The van der Waals surface area contributed by atoms with Crippen molar-refractivity contribution < 1.29 is 9.59 Å². The summed E-state index contributed by atoms with van der Waals surface area (Å²) in [5.74, 6) is -0.590. The maximum absolute atomic E-state index is 11.7. The molecule has 98 valence electrons. The van der Waals surface area contributed by atoms with E-state index in [2.05, 4.69) is 10.6 Å². The molecule has 0 aliphatic carbocycles. The topological polar surface area (TPSA) is 84.2 Å². The van der Waals surface area contributed by atoms with Crippen LogP contribution in [0.3, 0.4) is 0 Å². The van der Waals surface area contributed by atoms with E-state index < -0.39 is 5.54 Å². The van der Waals surface area contributed by atoms with Gasteiger partial charge in [-0.15, -0.1) is 0 Å². The van der Waals surface area contributed by atoms with Gasteiger partial charge in [0.25, 0.3) is 0 Å². The Hall–Kier alpha value is -1.88. The van der Waals surface area contributed by atoms with E-state index in [9.17, 15) is 9.59 Å². The zero-order valence-corrected chi connectivity index (χ0v) is 10.7. The summed E-state index contributed by atoms with van der Waals surface area (Å²) in [4.78, 5) is 22.6. The molecule has 2 amide bonds. The zero-order valence-electron chi connectivity index (χ0n) is 10.7. The predicted molar refractivity (Wildman–Crippen MR) is 69.7 cm³/mol. The van der Waals surface area contributed by atoms with E-state index in [0.717, 1.165) is 5.56 Å². The average molecular weight is 249 g/mol. The summed E-state index contributed by atoms with van der Waals surface area (Å²) in [5.41, 5.74) is 5.66. The largest absolute Gasteiger partial charge is 0.346 e. The Morgan fingerprint density at radius 2 is 1.78 bits per heavy atom. The molecule has 0 unspecified atom stereocenters. The van der Waals surface area contributed by atoms with Crippen molar-refractivity contribution in [3.63, 3.8) is 0 Å². The lowest BCUT2D eigenvalue weighted by molar-refractivity contribution is -0.126. The highest BCUT2D eigenvalue weighted by molar-refractivity contribution is 5.85. The molecular formula is C13H19N3O2. The van der Waals surface area contributed by atoms with Crippen molar-refractivity contribution in [2.75, 3.05) is 13.1 Å². The fourth-order valence-corrected chi connectivity index (χ4v) is 1.57. The van der Waals surface area contributed by atoms with Crippen molar-refractivity contribution in [1.82, 2.24) is 10.6 Å². The van der Waals surface area contributed by atoms with Crippen LogP contribution in [0.5, 0.6) is 0 Å². The van der Waals surface area contributed by atoms with Crippen LogP contribution in [0.15, 0.2) is 30.3 Å². The molecule has 5 nitrogen and oxygen atoms in total. The summed E-state index contributed by atoms with van der Waals surface area (Å²) in [6.45, 7) is 3.64. The van der Waals surface area contributed by atoms with Gasteiger partial charge in [-0.3, -0.25) is 9.59 Å². The molecule has 0 saturated carbocycles. The molecule has 0 heterocycles. The van der Waals surface area contributed by atoms with Crippen LogP contribution in [0.4, 0.5) is 0 Å². The third-order valence-corrected chi connectivity index (χ3v) is 2.58. The SMILES string of the molecule is CC(C)(NC(=O)CNC(=O)CN)c1ccccc1. The van der Waals surface area contributed by atoms with Crippen LogP contribution in [0.1, 0.15) is 19.4 Å². The van der Waals surface area contributed by atoms with E-state index in [-0.39, 0.29) is 24.9 Å². The minimum Gasteiger partial charge on any atom is -0.346 e. The van der Waals surface area contributed by atoms with Crippen LogP contribution in [-0.2, 0) is 15.1 Å². The second-order valence-corrected chi connectivity index (χ2v) is 4.52. The van der Waals surface area contributed by atoms with Crippen molar-refractivity contribution in [2.45, 2.75) is 19.4 Å². The highest BCUT2D eigenvalue weighted by atomic mass is 16.2. The second kappa shape index (κ2) is 6.16. The Bertz CT molecular complexity index is 416. The van der Waals surface area contributed by atoms with E-state index in [4.69, 9.17) is 5.73 Å². The summed E-state index contributed by atoms with van der Waals surface area (Å²) in [5, 5.41) is 5.29. The third kappa shape index (κ3) is 4.18. The van der Waals surface area contributed by atoms with Gasteiger partial charge in [-0.25, -0.2) is 0 Å². The van der Waals surface area contributed by atoms with Crippen LogP contribution in [0.25, 0.3) is 0 Å². The number of nitrogens with two attached hydrogens (primary N) is 1. The van der Waals surface area contributed by atoms with Crippen molar-refractivity contribution in [2.24, 2.45) is 5.73 Å². The minimum absolute atomic E-state index is 0.0632. The van der Waals surface area contributed by atoms with Gasteiger partial charge < -0.3 is 16.4 Å². The Labute approximate surface area is 107 Å². The summed E-state index contributed by atoms with van der Waals surface area (Å²) < 4.78 is 0. The van der Waals surface area contributed by atoms with Crippen LogP contribution in [0.2, 0.25) is 0 Å². The number of benzene rings is 1. The highest BCUT2D eigenvalue weighted by Crippen LogP contribution is 2.18. The molecule has 18 heavy (non-hydrogen) atoms. The van der Waals surface area contributed by atoms with Gasteiger partial charge in [-0.2, -0.15) is 0 Å². The maximum Gasteiger partial charge on any atom is 0.240 e. The zero-order chi connectivity index (χ0) is 13.6. The van der Waals surface area contributed by atoms with Gasteiger partial charge in [-0.05, 0) is 19.4 Å². The second-order valence-electron chi connectivity index (χ2n) is 4.52. The Balaban J connectivity index is 2.55. The molecular weight excluding hydrogens is 230 g/mol. The normalized spacial score (nSPS) is 10.8. The molecule has 0 aliphatic heterocycles. The van der Waals surface area contributed by atoms with Crippen molar-refractivity contribution in [3.05, 3.63) is 35.9 Å². The average Bonchev–Trinajstić information content (AvgIpc) is 2.36. The number of amides is 2. The van der Waals surface area contributed by atoms with Crippen LogP contribution >= 0.6 is 0 Å². The summed E-state index contributed by atoms with van der Waals surface area (Å²) in [6.07, 6.45) is 0. The first-order valence-electron chi connectivity index (χ1n) is 5.79. The van der Waals surface area contributed by atoms with Gasteiger partial charge in [0, 0.05) is 0 Å². The summed E-state index contributed by atoms with van der Waals surface area (Å²) in [7, 11) is 0. The van der Waals surface area contributed by atoms with Gasteiger partial charge in [0.2, 0.25) is 11.8 Å². The molecule has 1 aromatic rings. The molecule has 0 saturated heterocycles. The molecule has 4 N–H and O–H groups in total. The first-order chi connectivity index (χ1) is 8.45. The number of rotatable bonds is 5. The first kappa shape index (κ1) is 14.2. The van der Waals surface area contributed by atoms with E-state index in [1.807, 2.05) is 44.2 Å². The molecule has 0 spiro atoms. The van der Waals surface area contributed by atoms with Gasteiger partial charge in [-0.1, -0.05) is 30.3 Å². The van der Waals surface area contributed by atoms with Crippen molar-refractivity contribution >= 4 is 11.8 Å². The maximum atomic E-state index is 11.7. The Kier molecular flexibility index (Phi) is 4.85. The quantitative estimate of drug-likeness (QED) is 0.692. The fourth-order valence-electron chi connectivity index (χ4n) is 1.57. The molecule has 1 rings (SSSR count). The number of carbonyl (C=O) groups is 2. The van der Waals surface area contributed by atoms with Gasteiger partial charge >= 0.3 is 0 Å². The van der Waals surface area contributed by atoms with Crippen molar-refractivity contribution in [1.29, 1.82) is 0 Å². The molecule has 1 aromatic carbocycles. The lowest BCUT2D eigenvalue weighted by Crippen LogP contribution is -2.46. The lowest BCUT2D eigenvalue weighted by Gasteiger charge is -2.27. The monoisotopic (exact) mass is 249 g/mol. The Morgan fingerprint density at radius 1 is 1.17 bits per heavy atom. The smallest absolute Gasteiger partial charge is 0.240 e. The number of hydrogen-bond donors (Lipinski definition) is 3. The molecule has 0 bridgehead atoms. The first-order valence-corrected chi connectivity index (χ1v) is 5.79. The Morgan fingerprint density at radius 3 is 2.33 bits per heavy atom. The predicted octanol–water partition coefficient (Wildman–Crippen LogP) is 0.113. The van der Waals surface area contributed by atoms with E-state index in [1.54, 1.807) is 0 Å². The van der Waals surface area contributed by atoms with E-state index in [1.165, 1.54) is 0 Å². The number of nitrogens with one attached hydrogen (secondary N) is 2. The lowest BCUT2D eigenvalue weighted by atomic mass is 9.94. The van der Waals surface area contributed by atoms with Gasteiger partial charge in [0.1, 0.15) is 0 Å². The van der Waals surface area contributed by atoms with Crippen LogP contribution in [0, 0.1) is 0 Å². The minimum atomic E-state index is -0.480. The standard InChI is InChI=1S/C13H19N3O2/c1-13(2,10-6-4-3-5-7-10)16-12(18)9-15-11(17)8-14/h3-7H,8-9,14H2,1-2H3,(H,15,17)(H,16,18). The molecule has 0 aliphatic rings. The third-order valence-electron chi connectivity index (χ3n) is 2.58. The number of carbonyl (C=O) groups excluding carboxylic acids is 2. The van der Waals surface area contributed by atoms with Crippen molar-refractivity contribution in [3.8, 4) is 0 Å². The molecule has 0 fully saturated rings. The number of hydrogen-bond acceptors (Lipinski definition) is 3. The summed E-state index contributed by atoms with van der Waals surface area (Å²) >= 11 is 0. The molecule has 0 radical (unpaired) electrons. The van der Waals surface area contributed by atoms with E-state index in [0.29, 0.717) is 0 Å². The molecule has 5 heteroatoms. The summed E-state index contributed by atoms with van der Waals surface area (Å²) in [6, 6.07) is 9.64.